The van der Waals surface area contributed by atoms with E-state index in [0.717, 1.165) is 49.4 Å². The molecule has 0 fully saturated rings. The highest BCUT2D eigenvalue weighted by Gasteiger charge is 2.22. The summed E-state index contributed by atoms with van der Waals surface area (Å²) in [6.45, 7) is 0.807. The molecule has 2 heterocycles. The van der Waals surface area contributed by atoms with Crippen LogP contribution < -0.4 is 14.8 Å². The highest BCUT2D eigenvalue weighted by molar-refractivity contribution is 5.79. The van der Waals surface area contributed by atoms with Gasteiger partial charge in [-0.1, -0.05) is 36.4 Å². The molecule has 0 aliphatic carbocycles. The van der Waals surface area contributed by atoms with Crippen molar-refractivity contribution < 1.29 is 14.3 Å². The van der Waals surface area contributed by atoms with Crippen molar-refractivity contribution in [2.45, 2.75) is 44.7 Å². The van der Waals surface area contributed by atoms with Gasteiger partial charge in [-0.3, -0.25) is 4.79 Å². The fourth-order valence-electron chi connectivity index (χ4n) is 4.05. The van der Waals surface area contributed by atoms with Gasteiger partial charge < -0.3 is 19.4 Å². The second-order valence-electron chi connectivity index (χ2n) is 7.79. The minimum atomic E-state index is -0.00404. The van der Waals surface area contributed by atoms with Crippen LogP contribution >= 0.6 is 0 Å². The van der Waals surface area contributed by atoms with Gasteiger partial charge in [-0.05, 0) is 24.5 Å². The Morgan fingerprint density at radius 2 is 1.94 bits per heavy atom. The third-order valence-corrected chi connectivity index (χ3v) is 5.74. The lowest BCUT2D eigenvalue weighted by molar-refractivity contribution is -0.121. The zero-order chi connectivity index (χ0) is 21.6. The quantitative estimate of drug-likeness (QED) is 0.636. The van der Waals surface area contributed by atoms with Crippen molar-refractivity contribution >= 4 is 5.91 Å². The molecule has 0 saturated carbocycles. The van der Waals surface area contributed by atoms with Gasteiger partial charge in [0.25, 0.3) is 0 Å². The number of hydrogen-bond acceptors (Lipinski definition) is 5. The van der Waals surface area contributed by atoms with E-state index in [1.54, 1.807) is 20.3 Å². The first-order valence-electron chi connectivity index (χ1n) is 10.6. The molecule has 0 radical (unpaired) electrons. The van der Waals surface area contributed by atoms with Crippen LogP contribution in [0.1, 0.15) is 35.6 Å². The van der Waals surface area contributed by atoms with E-state index in [-0.39, 0.29) is 18.4 Å². The van der Waals surface area contributed by atoms with Gasteiger partial charge in [0.05, 0.1) is 20.6 Å². The van der Waals surface area contributed by atoms with Gasteiger partial charge in [0, 0.05) is 37.1 Å². The normalized spacial score (nSPS) is 15.6. The van der Waals surface area contributed by atoms with Gasteiger partial charge in [-0.2, -0.15) is 0 Å². The molecule has 7 heteroatoms. The van der Waals surface area contributed by atoms with Gasteiger partial charge in [0.1, 0.15) is 23.1 Å². The molecule has 7 nitrogen and oxygen atoms in total. The number of fused-ring (bicyclic) bond motifs is 1. The van der Waals surface area contributed by atoms with Crippen LogP contribution in [-0.2, 0) is 30.6 Å². The van der Waals surface area contributed by atoms with E-state index in [0.29, 0.717) is 11.5 Å². The lowest BCUT2D eigenvalue weighted by Crippen LogP contribution is -2.36. The number of rotatable bonds is 7. The molecular weight excluding hydrogens is 392 g/mol. The molecule has 31 heavy (non-hydrogen) atoms. The number of methoxy groups -OCH3 is 2. The minimum Gasteiger partial charge on any atom is -0.497 e. The minimum absolute atomic E-state index is 0.00404. The summed E-state index contributed by atoms with van der Waals surface area (Å²) in [5.74, 6) is 3.34. The van der Waals surface area contributed by atoms with Crippen molar-refractivity contribution in [2.75, 3.05) is 14.2 Å². The number of ether oxygens (including phenoxy) is 2. The van der Waals surface area contributed by atoms with Crippen molar-refractivity contribution in [1.29, 1.82) is 0 Å². The smallest absolute Gasteiger partial charge is 0.224 e. The zero-order valence-corrected chi connectivity index (χ0v) is 18.0. The molecule has 1 atom stereocenters. The average molecular weight is 421 g/mol. The highest BCUT2D eigenvalue weighted by atomic mass is 16.5. The van der Waals surface area contributed by atoms with Crippen LogP contribution in [0.4, 0.5) is 0 Å². The van der Waals surface area contributed by atoms with E-state index in [1.807, 2.05) is 30.3 Å². The van der Waals surface area contributed by atoms with Gasteiger partial charge in [0.15, 0.2) is 0 Å². The summed E-state index contributed by atoms with van der Waals surface area (Å²) in [6, 6.07) is 15.9. The van der Waals surface area contributed by atoms with E-state index >= 15 is 0 Å². The molecule has 1 unspecified atom stereocenters. The zero-order valence-electron chi connectivity index (χ0n) is 18.0. The van der Waals surface area contributed by atoms with Crippen LogP contribution in [-0.4, -0.2) is 40.9 Å². The maximum Gasteiger partial charge on any atom is 0.224 e. The van der Waals surface area contributed by atoms with E-state index in [2.05, 4.69) is 32.2 Å². The second-order valence-corrected chi connectivity index (χ2v) is 7.79. The lowest BCUT2D eigenvalue weighted by Gasteiger charge is -2.17. The summed E-state index contributed by atoms with van der Waals surface area (Å²) >= 11 is 0. The number of amides is 1. The fourth-order valence-corrected chi connectivity index (χ4v) is 4.05. The fraction of sp³-hybridized carbons (Fsp3) is 0.375. The molecule has 0 spiro atoms. The SMILES string of the molecule is COc1ccc(CC(=O)NC2CCc3nnc(Cc4ccccc4)n3CC2)c(OC)c1. The first-order valence-corrected chi connectivity index (χ1v) is 10.6. The number of carbonyl (C=O) groups excluding carboxylic acids is 1. The summed E-state index contributed by atoms with van der Waals surface area (Å²) in [7, 11) is 3.21. The number of aryl methyl sites for hydroxylation is 1. The number of nitrogens with zero attached hydrogens (tertiary/aromatic N) is 3. The van der Waals surface area contributed by atoms with Crippen molar-refractivity contribution in [2.24, 2.45) is 0 Å². The van der Waals surface area contributed by atoms with Gasteiger partial charge in [0.2, 0.25) is 5.91 Å². The molecule has 1 aliphatic heterocycles. The van der Waals surface area contributed by atoms with Crippen LogP contribution in [0.15, 0.2) is 48.5 Å². The Morgan fingerprint density at radius 3 is 2.71 bits per heavy atom. The first kappa shape index (κ1) is 20.9. The van der Waals surface area contributed by atoms with E-state index in [4.69, 9.17) is 9.47 Å². The van der Waals surface area contributed by atoms with Crippen molar-refractivity contribution in [3.8, 4) is 11.5 Å². The molecule has 3 aromatic rings. The molecule has 1 aliphatic rings. The van der Waals surface area contributed by atoms with Gasteiger partial charge >= 0.3 is 0 Å². The van der Waals surface area contributed by atoms with Crippen molar-refractivity contribution in [3.05, 3.63) is 71.3 Å². The summed E-state index contributed by atoms with van der Waals surface area (Å²) in [6.07, 6.45) is 3.56. The molecule has 1 N–H and O–H groups in total. The first-order chi connectivity index (χ1) is 15.2. The van der Waals surface area contributed by atoms with Crippen LogP contribution in [0.2, 0.25) is 0 Å². The topological polar surface area (TPSA) is 78.3 Å². The number of hydrogen-bond donors (Lipinski definition) is 1. The van der Waals surface area contributed by atoms with Crippen molar-refractivity contribution in [3.63, 3.8) is 0 Å². The number of carbonyl (C=O) groups is 1. The number of aromatic nitrogens is 3. The molecule has 162 valence electrons. The highest BCUT2D eigenvalue weighted by Crippen LogP contribution is 2.25. The Balaban J connectivity index is 1.36. The Labute approximate surface area is 182 Å². The van der Waals surface area contributed by atoms with Crippen LogP contribution in [0, 0.1) is 0 Å². The van der Waals surface area contributed by atoms with Crippen molar-refractivity contribution in [1.82, 2.24) is 20.1 Å². The molecule has 1 amide bonds. The Morgan fingerprint density at radius 1 is 1.10 bits per heavy atom. The third-order valence-electron chi connectivity index (χ3n) is 5.74. The Kier molecular flexibility index (Phi) is 6.50. The second kappa shape index (κ2) is 9.64. The van der Waals surface area contributed by atoms with Gasteiger partial charge in [-0.15, -0.1) is 10.2 Å². The molecule has 1 aromatic heterocycles. The molecule has 2 aromatic carbocycles. The average Bonchev–Trinajstić information content (AvgIpc) is 3.06. The third kappa shape index (κ3) is 5.05. The summed E-state index contributed by atoms with van der Waals surface area (Å²) in [5, 5.41) is 12.0. The Bertz CT molecular complexity index is 1030. The molecule has 4 rings (SSSR count). The monoisotopic (exact) mass is 420 g/mol. The lowest BCUT2D eigenvalue weighted by atomic mass is 10.1. The molecule has 0 saturated heterocycles. The predicted octanol–water partition coefficient (Wildman–Crippen LogP) is 2.95. The predicted molar refractivity (Wildman–Crippen MR) is 117 cm³/mol. The van der Waals surface area contributed by atoms with E-state index in [9.17, 15) is 4.79 Å². The largest absolute Gasteiger partial charge is 0.497 e. The van der Waals surface area contributed by atoms with Gasteiger partial charge in [-0.25, -0.2) is 0 Å². The summed E-state index contributed by atoms with van der Waals surface area (Å²) in [4.78, 5) is 12.7. The number of nitrogens with one attached hydrogen (secondary N) is 1. The number of benzene rings is 2. The van der Waals surface area contributed by atoms with Crippen LogP contribution in [0.3, 0.4) is 0 Å². The standard InChI is InChI=1S/C24H28N4O3/c1-30-20-10-8-18(21(16-20)31-2)15-24(29)25-19-9-11-22-26-27-23(28(22)13-12-19)14-17-6-4-3-5-7-17/h3-8,10,16,19H,9,11-15H2,1-2H3,(H,25,29). The Hall–Kier alpha value is -3.35. The van der Waals surface area contributed by atoms with Crippen LogP contribution in [0.5, 0.6) is 11.5 Å². The molecule has 0 bridgehead atoms. The van der Waals surface area contributed by atoms with E-state index < -0.39 is 0 Å². The summed E-state index contributed by atoms with van der Waals surface area (Å²) in [5.41, 5.74) is 2.07. The maximum absolute atomic E-state index is 12.7. The summed E-state index contributed by atoms with van der Waals surface area (Å²) < 4.78 is 12.9. The van der Waals surface area contributed by atoms with Crippen LogP contribution in [0.25, 0.3) is 0 Å². The maximum atomic E-state index is 12.7. The van der Waals surface area contributed by atoms with E-state index in [1.165, 1.54) is 5.56 Å². The molecular formula is C24H28N4O3.